The van der Waals surface area contributed by atoms with Gasteiger partial charge in [-0.1, -0.05) is 34.7 Å². The molecule has 0 spiro atoms. The third-order valence-electron chi connectivity index (χ3n) is 3.81. The first-order valence-electron chi connectivity index (χ1n) is 6.69. The van der Waals surface area contributed by atoms with Crippen molar-refractivity contribution in [3.05, 3.63) is 29.8 Å². The van der Waals surface area contributed by atoms with Crippen LogP contribution in [-0.2, 0) is 4.74 Å². The Morgan fingerprint density at radius 1 is 1.35 bits per heavy atom. The van der Waals surface area contributed by atoms with Crippen molar-refractivity contribution in [2.75, 3.05) is 37.0 Å². The van der Waals surface area contributed by atoms with Gasteiger partial charge in [0.25, 0.3) is 0 Å². The molecular weight excluding hydrogens is 385 g/mol. The lowest BCUT2D eigenvalue weighted by Gasteiger charge is -2.41. The zero-order chi connectivity index (χ0) is 14.6. The lowest BCUT2D eigenvalue weighted by atomic mass is 9.91. The Labute approximate surface area is 138 Å². The van der Waals surface area contributed by atoms with Crippen molar-refractivity contribution >= 4 is 40.1 Å². The highest BCUT2D eigenvalue weighted by Gasteiger charge is 2.39. The van der Waals surface area contributed by atoms with Gasteiger partial charge in [-0.2, -0.15) is 0 Å². The van der Waals surface area contributed by atoms with E-state index in [1.807, 2.05) is 30.5 Å². The number of ketones is 1. The molecule has 0 aliphatic carbocycles. The van der Waals surface area contributed by atoms with Gasteiger partial charge in [0.2, 0.25) is 0 Å². The molecule has 110 valence electrons. The van der Waals surface area contributed by atoms with Crippen LogP contribution in [0.5, 0.6) is 0 Å². The second-order valence-electron chi connectivity index (χ2n) is 5.06. The van der Waals surface area contributed by atoms with Crippen molar-refractivity contribution in [3.63, 3.8) is 0 Å². The number of thioether (sulfide) groups is 1. The van der Waals surface area contributed by atoms with Gasteiger partial charge in [-0.15, -0.1) is 11.8 Å². The Morgan fingerprint density at radius 3 is 2.45 bits per heavy atom. The van der Waals surface area contributed by atoms with E-state index in [1.165, 1.54) is 4.90 Å². The topological polar surface area (TPSA) is 29.5 Å². The predicted molar refractivity (Wildman–Crippen MR) is 92.2 cm³/mol. The second kappa shape index (κ2) is 7.24. The van der Waals surface area contributed by atoms with Gasteiger partial charge in [0, 0.05) is 28.0 Å². The Bertz CT molecular complexity index is 459. The van der Waals surface area contributed by atoms with Crippen LogP contribution in [0, 0.1) is 0 Å². The predicted octanol–water partition coefficient (Wildman–Crippen LogP) is 3.12. The molecule has 0 N–H and O–H groups in total. The monoisotopic (exact) mass is 405 g/mol. The Morgan fingerprint density at radius 2 is 1.95 bits per heavy atom. The van der Waals surface area contributed by atoms with Crippen LogP contribution in [0.15, 0.2) is 29.2 Å². The van der Waals surface area contributed by atoms with E-state index in [0.29, 0.717) is 13.2 Å². The number of ether oxygens (including phenoxy) is 1. The van der Waals surface area contributed by atoms with Gasteiger partial charge in [0.05, 0.1) is 18.8 Å². The SMILES string of the molecule is CSc1ccc(C(=O)C(C)(CI)N2CCOCC2)cc1. The summed E-state index contributed by atoms with van der Waals surface area (Å²) in [4.78, 5) is 16.3. The summed E-state index contributed by atoms with van der Waals surface area (Å²) in [5.74, 6) is 0.210. The molecule has 20 heavy (non-hydrogen) atoms. The quantitative estimate of drug-likeness (QED) is 0.326. The maximum Gasteiger partial charge on any atom is 0.183 e. The molecule has 1 heterocycles. The lowest BCUT2D eigenvalue weighted by molar-refractivity contribution is -0.00218. The average molecular weight is 405 g/mol. The summed E-state index contributed by atoms with van der Waals surface area (Å²) >= 11 is 4.01. The first kappa shape index (κ1) is 16.3. The van der Waals surface area contributed by atoms with Crippen molar-refractivity contribution in [3.8, 4) is 0 Å². The maximum absolute atomic E-state index is 12.9. The van der Waals surface area contributed by atoms with E-state index in [1.54, 1.807) is 11.8 Å². The normalized spacial score (nSPS) is 19.6. The van der Waals surface area contributed by atoms with E-state index in [9.17, 15) is 4.79 Å². The number of carbonyl (C=O) groups excluding carboxylic acids is 1. The molecule has 3 nitrogen and oxygen atoms in total. The summed E-state index contributed by atoms with van der Waals surface area (Å²) in [5, 5.41) is 0. The summed E-state index contributed by atoms with van der Waals surface area (Å²) in [6, 6.07) is 7.92. The van der Waals surface area contributed by atoms with Crippen LogP contribution in [-0.4, -0.2) is 53.2 Å². The van der Waals surface area contributed by atoms with E-state index < -0.39 is 5.54 Å². The fraction of sp³-hybridized carbons (Fsp3) is 0.533. The number of morpholine rings is 1. The summed E-state index contributed by atoms with van der Waals surface area (Å²) in [6.07, 6.45) is 2.04. The standard InChI is InChI=1S/C15H20INO2S/c1-15(11-16,17-7-9-19-10-8-17)14(18)12-3-5-13(20-2)6-4-12/h3-6H,7-11H2,1-2H3. The largest absolute Gasteiger partial charge is 0.379 e. The lowest BCUT2D eigenvalue weighted by Crippen LogP contribution is -2.57. The summed E-state index contributed by atoms with van der Waals surface area (Å²) < 4.78 is 6.18. The minimum absolute atomic E-state index is 0.210. The molecule has 1 unspecified atom stereocenters. The smallest absolute Gasteiger partial charge is 0.183 e. The highest BCUT2D eigenvalue weighted by molar-refractivity contribution is 14.1. The fourth-order valence-electron chi connectivity index (χ4n) is 2.40. The van der Waals surface area contributed by atoms with Crippen LogP contribution in [0.2, 0.25) is 0 Å². The van der Waals surface area contributed by atoms with Crippen molar-refractivity contribution < 1.29 is 9.53 Å². The van der Waals surface area contributed by atoms with Gasteiger partial charge in [0.1, 0.15) is 0 Å². The van der Waals surface area contributed by atoms with Crippen LogP contribution in [0.4, 0.5) is 0 Å². The first-order valence-corrected chi connectivity index (χ1v) is 9.44. The molecule has 2 rings (SSSR count). The first-order chi connectivity index (χ1) is 9.61. The van der Waals surface area contributed by atoms with E-state index in [0.717, 1.165) is 23.1 Å². The van der Waals surface area contributed by atoms with Crippen molar-refractivity contribution in [1.82, 2.24) is 4.90 Å². The van der Waals surface area contributed by atoms with Gasteiger partial charge in [0.15, 0.2) is 5.78 Å². The van der Waals surface area contributed by atoms with E-state index in [4.69, 9.17) is 4.74 Å². The van der Waals surface area contributed by atoms with Crippen LogP contribution in [0.3, 0.4) is 0 Å². The fourth-order valence-corrected chi connectivity index (χ4v) is 3.64. The van der Waals surface area contributed by atoms with Crippen molar-refractivity contribution in [2.45, 2.75) is 17.4 Å². The minimum atomic E-state index is -0.439. The maximum atomic E-state index is 12.9. The molecule has 1 aliphatic rings. The number of rotatable bonds is 5. The van der Waals surface area contributed by atoms with Crippen LogP contribution >= 0.6 is 34.4 Å². The molecule has 0 aromatic heterocycles. The zero-order valence-corrected chi connectivity index (χ0v) is 14.9. The molecule has 0 bridgehead atoms. The zero-order valence-electron chi connectivity index (χ0n) is 11.9. The van der Waals surface area contributed by atoms with E-state index in [-0.39, 0.29) is 5.78 Å². The number of Topliss-reactive ketones (excluding diaryl/α,β-unsaturated/α-hetero) is 1. The molecule has 0 saturated carbocycles. The molecule has 1 fully saturated rings. The average Bonchev–Trinajstić information content (AvgIpc) is 2.54. The van der Waals surface area contributed by atoms with E-state index in [2.05, 4.69) is 34.4 Å². The van der Waals surface area contributed by atoms with Crippen molar-refractivity contribution in [2.24, 2.45) is 0 Å². The highest BCUT2D eigenvalue weighted by atomic mass is 127. The van der Waals surface area contributed by atoms with Crippen LogP contribution in [0.1, 0.15) is 17.3 Å². The summed E-state index contributed by atoms with van der Waals surface area (Å²) in [5.41, 5.74) is 0.360. The molecule has 1 aromatic rings. The van der Waals surface area contributed by atoms with Crippen LogP contribution < -0.4 is 0 Å². The van der Waals surface area contributed by atoms with Gasteiger partial charge >= 0.3 is 0 Å². The summed E-state index contributed by atoms with van der Waals surface area (Å²) in [6.45, 7) is 5.13. The minimum Gasteiger partial charge on any atom is -0.379 e. The third-order valence-corrected chi connectivity index (χ3v) is 6.04. The number of nitrogens with zero attached hydrogens (tertiary/aromatic N) is 1. The summed E-state index contributed by atoms with van der Waals surface area (Å²) in [7, 11) is 0. The van der Waals surface area contributed by atoms with Gasteiger partial charge in [-0.3, -0.25) is 9.69 Å². The molecule has 1 aliphatic heterocycles. The second-order valence-corrected chi connectivity index (χ2v) is 6.71. The molecule has 1 aromatic carbocycles. The molecule has 1 atom stereocenters. The number of alkyl halides is 1. The number of halogens is 1. The number of benzene rings is 1. The number of hydrogen-bond donors (Lipinski definition) is 0. The van der Waals surface area contributed by atoms with Crippen molar-refractivity contribution in [1.29, 1.82) is 0 Å². The van der Waals surface area contributed by atoms with E-state index >= 15 is 0 Å². The Hall–Kier alpha value is -0.110. The molecular formula is C15H20INO2S. The third kappa shape index (κ3) is 3.37. The Kier molecular flexibility index (Phi) is 5.89. The van der Waals surface area contributed by atoms with Gasteiger partial charge in [-0.05, 0) is 25.3 Å². The molecule has 5 heteroatoms. The number of carbonyl (C=O) groups is 1. The molecule has 0 radical (unpaired) electrons. The number of hydrogen-bond acceptors (Lipinski definition) is 4. The van der Waals surface area contributed by atoms with Gasteiger partial charge in [-0.25, -0.2) is 0 Å². The Balaban J connectivity index is 2.22. The van der Waals surface area contributed by atoms with Gasteiger partial charge < -0.3 is 4.74 Å². The molecule has 0 amide bonds. The highest BCUT2D eigenvalue weighted by Crippen LogP contribution is 2.26. The van der Waals surface area contributed by atoms with Crippen LogP contribution in [0.25, 0.3) is 0 Å². The molecule has 1 saturated heterocycles.